The number of imidazole rings is 1. The number of H-pyrrole nitrogens is 1. The Balaban J connectivity index is 2.38. The maximum atomic E-state index is 9.77. The monoisotopic (exact) mass is 187 g/mol. The molecule has 0 radical (unpaired) electrons. The summed E-state index contributed by atoms with van der Waals surface area (Å²) in [7, 11) is 0. The molecule has 0 aromatic carbocycles. The maximum absolute atomic E-state index is 9.77. The van der Waals surface area contributed by atoms with E-state index in [0.29, 0.717) is 11.5 Å². The zero-order valence-electron chi connectivity index (χ0n) is 7.01. The fraction of sp³-hybridized carbons (Fsp3) is 0. The van der Waals surface area contributed by atoms with E-state index in [-0.39, 0.29) is 0 Å². The van der Waals surface area contributed by atoms with Crippen molar-refractivity contribution in [3.63, 3.8) is 0 Å². The van der Waals surface area contributed by atoms with Gasteiger partial charge < -0.3 is 4.98 Å². The van der Waals surface area contributed by atoms with E-state index in [1.807, 2.05) is 0 Å². The van der Waals surface area contributed by atoms with E-state index in [1.165, 1.54) is 24.7 Å². The van der Waals surface area contributed by atoms with Gasteiger partial charge >= 0.3 is 0 Å². The van der Waals surface area contributed by atoms with Crippen LogP contribution in [0, 0.1) is 0 Å². The summed E-state index contributed by atoms with van der Waals surface area (Å²) in [5.74, 6) is 0.448. The maximum Gasteiger partial charge on any atom is 0.239 e. The van der Waals surface area contributed by atoms with Crippen LogP contribution < -0.4 is 0 Å². The van der Waals surface area contributed by atoms with Gasteiger partial charge in [-0.15, -0.1) is 0 Å². The fourth-order valence-electron chi connectivity index (χ4n) is 0.964. The summed E-state index contributed by atoms with van der Waals surface area (Å²) >= 11 is 0. The average Bonchev–Trinajstić information content (AvgIpc) is 2.65. The van der Waals surface area contributed by atoms with Gasteiger partial charge in [0.2, 0.25) is 6.08 Å². The quantitative estimate of drug-likeness (QED) is 0.552. The van der Waals surface area contributed by atoms with Crippen LogP contribution in [0.15, 0.2) is 23.7 Å². The zero-order chi connectivity index (χ0) is 9.80. The van der Waals surface area contributed by atoms with Gasteiger partial charge in [-0.3, -0.25) is 0 Å². The number of hydrogen-bond donors (Lipinski definition) is 1. The number of aromatic amines is 1. The zero-order valence-corrected chi connectivity index (χ0v) is 7.01. The molecule has 0 atom stereocenters. The normalized spacial score (nSPS) is 10.6. The lowest BCUT2D eigenvalue weighted by atomic mass is 10.5. The molecule has 0 fully saturated rings. The minimum absolute atomic E-state index is 0.448. The van der Waals surface area contributed by atoms with E-state index in [4.69, 9.17) is 0 Å². The molecule has 0 aliphatic carbocycles. The molecule has 2 aromatic rings. The Hall–Kier alpha value is -2.33. The molecule has 2 heterocycles. The van der Waals surface area contributed by atoms with E-state index in [9.17, 15) is 4.79 Å². The van der Waals surface area contributed by atoms with Gasteiger partial charge in [-0.25, -0.2) is 19.7 Å². The number of hydrogen-bond acceptors (Lipinski definition) is 5. The van der Waals surface area contributed by atoms with Crippen molar-refractivity contribution in [2.45, 2.75) is 0 Å². The molecule has 0 saturated heterocycles. The number of nitrogens with zero attached hydrogens (tertiary/aromatic N) is 4. The van der Waals surface area contributed by atoms with Crippen LogP contribution in [0.1, 0.15) is 5.82 Å². The molecule has 0 aliphatic heterocycles. The van der Waals surface area contributed by atoms with E-state index in [0.717, 1.165) is 5.52 Å². The molecular weight excluding hydrogens is 182 g/mol. The standard InChI is InChI=1S/C8H5N5O/c14-5-9-2-1-7-10-3-6-8(13-7)12-4-11-6/h1-4H,(H,10,11,12,13). The van der Waals surface area contributed by atoms with Crippen molar-refractivity contribution in [3.05, 3.63) is 24.5 Å². The summed E-state index contributed by atoms with van der Waals surface area (Å²) in [6.07, 6.45) is 7.31. The van der Waals surface area contributed by atoms with Crippen molar-refractivity contribution in [1.82, 2.24) is 19.9 Å². The Morgan fingerprint density at radius 2 is 2.43 bits per heavy atom. The minimum Gasteiger partial charge on any atom is -0.342 e. The first-order valence-electron chi connectivity index (χ1n) is 3.80. The molecule has 0 unspecified atom stereocenters. The second-order valence-corrected chi connectivity index (χ2v) is 2.40. The molecule has 2 rings (SSSR count). The van der Waals surface area contributed by atoms with Gasteiger partial charge in [0.05, 0.1) is 12.5 Å². The molecule has 1 N–H and O–H groups in total. The number of isocyanates is 1. The first-order valence-corrected chi connectivity index (χ1v) is 3.80. The van der Waals surface area contributed by atoms with Crippen LogP contribution in [-0.4, -0.2) is 26.0 Å². The fourth-order valence-corrected chi connectivity index (χ4v) is 0.964. The van der Waals surface area contributed by atoms with Gasteiger partial charge in [0, 0.05) is 12.3 Å². The van der Waals surface area contributed by atoms with Gasteiger partial charge in [0.1, 0.15) is 5.52 Å². The van der Waals surface area contributed by atoms with Crippen LogP contribution in [0.3, 0.4) is 0 Å². The lowest BCUT2D eigenvalue weighted by Gasteiger charge is -1.89. The van der Waals surface area contributed by atoms with Gasteiger partial charge in [-0.05, 0) is 0 Å². The molecule has 0 aliphatic rings. The number of nitrogens with one attached hydrogen (secondary N) is 1. The van der Waals surface area contributed by atoms with Gasteiger partial charge in [-0.2, -0.15) is 4.99 Å². The van der Waals surface area contributed by atoms with Gasteiger partial charge in [0.25, 0.3) is 0 Å². The van der Waals surface area contributed by atoms with E-state index in [1.54, 1.807) is 6.20 Å². The second-order valence-electron chi connectivity index (χ2n) is 2.40. The van der Waals surface area contributed by atoms with E-state index < -0.39 is 0 Å². The van der Waals surface area contributed by atoms with Crippen LogP contribution in [0.2, 0.25) is 0 Å². The summed E-state index contributed by atoms with van der Waals surface area (Å²) in [6.45, 7) is 0. The first kappa shape index (κ1) is 8.28. The van der Waals surface area contributed by atoms with Gasteiger partial charge in [-0.1, -0.05) is 0 Å². The number of rotatable bonds is 2. The molecule has 0 saturated carbocycles. The van der Waals surface area contributed by atoms with Crippen molar-refractivity contribution >= 4 is 23.3 Å². The number of fused-ring (bicyclic) bond motifs is 1. The molecular formula is C8H5N5O. The van der Waals surface area contributed by atoms with Crippen LogP contribution in [-0.2, 0) is 4.79 Å². The van der Waals surface area contributed by atoms with Crippen molar-refractivity contribution in [2.24, 2.45) is 4.99 Å². The number of aliphatic imine (C=N–C) groups is 1. The molecule has 14 heavy (non-hydrogen) atoms. The third-order valence-electron chi connectivity index (χ3n) is 1.55. The topological polar surface area (TPSA) is 83.9 Å². The molecule has 68 valence electrons. The highest BCUT2D eigenvalue weighted by Crippen LogP contribution is 2.04. The molecule has 6 nitrogen and oxygen atoms in total. The Labute approximate surface area is 78.4 Å². The predicted molar refractivity (Wildman–Crippen MR) is 48.8 cm³/mol. The SMILES string of the molecule is O=C=NC=Cc1ncc2[nH]cnc2n1. The highest BCUT2D eigenvalue weighted by Gasteiger charge is 1.97. The summed E-state index contributed by atoms with van der Waals surface area (Å²) in [4.78, 5) is 27.9. The Morgan fingerprint density at radius 1 is 1.50 bits per heavy atom. The molecule has 6 heteroatoms. The van der Waals surface area contributed by atoms with Crippen molar-refractivity contribution in [2.75, 3.05) is 0 Å². The van der Waals surface area contributed by atoms with Crippen molar-refractivity contribution < 1.29 is 4.79 Å². The summed E-state index contributed by atoms with van der Waals surface area (Å²) in [5.41, 5.74) is 1.34. The third-order valence-corrected chi connectivity index (χ3v) is 1.55. The smallest absolute Gasteiger partial charge is 0.239 e. The largest absolute Gasteiger partial charge is 0.342 e. The van der Waals surface area contributed by atoms with E-state index in [2.05, 4.69) is 24.9 Å². The van der Waals surface area contributed by atoms with Crippen molar-refractivity contribution in [1.29, 1.82) is 0 Å². The van der Waals surface area contributed by atoms with Gasteiger partial charge in [0.15, 0.2) is 11.5 Å². The molecule has 2 aromatic heterocycles. The molecule has 0 bridgehead atoms. The average molecular weight is 187 g/mol. The van der Waals surface area contributed by atoms with Crippen molar-refractivity contribution in [3.8, 4) is 0 Å². The minimum atomic E-state index is 0.448. The van der Waals surface area contributed by atoms with Crippen LogP contribution in [0.4, 0.5) is 0 Å². The van der Waals surface area contributed by atoms with Crippen LogP contribution in [0.25, 0.3) is 17.2 Å². The Kier molecular flexibility index (Phi) is 2.12. The highest BCUT2D eigenvalue weighted by atomic mass is 16.1. The summed E-state index contributed by atoms with van der Waals surface area (Å²) < 4.78 is 0. The van der Waals surface area contributed by atoms with E-state index >= 15 is 0 Å². The van der Waals surface area contributed by atoms with Crippen LogP contribution in [0.5, 0.6) is 0 Å². The lowest BCUT2D eigenvalue weighted by molar-refractivity contribution is 0.565. The number of aromatic nitrogens is 4. The first-order chi connectivity index (χ1) is 6.90. The van der Waals surface area contributed by atoms with Crippen LogP contribution >= 0.6 is 0 Å². The number of carbonyl (C=O) groups excluding carboxylic acids is 1. The molecule has 0 amide bonds. The summed E-state index contributed by atoms with van der Waals surface area (Å²) in [6, 6.07) is 0. The summed E-state index contributed by atoms with van der Waals surface area (Å²) in [5, 5.41) is 0. The second kappa shape index (κ2) is 3.59. The Bertz CT molecular complexity index is 523. The predicted octanol–water partition coefficient (Wildman–Crippen LogP) is 0.659. The highest BCUT2D eigenvalue weighted by molar-refractivity contribution is 5.69. The molecule has 0 spiro atoms. The Morgan fingerprint density at radius 3 is 3.29 bits per heavy atom. The lowest BCUT2D eigenvalue weighted by Crippen LogP contribution is -1.86. The third kappa shape index (κ3) is 1.55.